The van der Waals surface area contributed by atoms with Gasteiger partial charge in [0.15, 0.2) is 0 Å². The first-order valence-corrected chi connectivity index (χ1v) is 6.87. The lowest BCUT2D eigenvalue weighted by atomic mass is 9.90. The predicted octanol–water partition coefficient (Wildman–Crippen LogP) is 1.31. The number of nitrogens with one attached hydrogen (secondary N) is 2. The number of hydrogen-bond acceptors (Lipinski definition) is 3. The van der Waals surface area contributed by atoms with Crippen molar-refractivity contribution in [1.82, 2.24) is 15.5 Å². The Hall–Kier alpha value is -1.46. The van der Waals surface area contributed by atoms with E-state index in [9.17, 15) is 9.59 Å². The van der Waals surface area contributed by atoms with Crippen molar-refractivity contribution in [2.45, 2.75) is 45.3 Å². The average molecular weight is 269 g/mol. The molecule has 6 nitrogen and oxygen atoms in total. The van der Waals surface area contributed by atoms with Gasteiger partial charge in [0.1, 0.15) is 5.60 Å². The van der Waals surface area contributed by atoms with Crippen molar-refractivity contribution in [1.29, 1.82) is 0 Å². The normalized spacial score (nSPS) is 24.9. The third-order valence-corrected chi connectivity index (χ3v) is 3.56. The third-order valence-electron chi connectivity index (χ3n) is 3.56. The number of rotatable bonds is 1. The molecule has 0 radical (unpaired) electrons. The molecule has 0 spiro atoms. The van der Waals surface area contributed by atoms with Crippen molar-refractivity contribution in [3.63, 3.8) is 0 Å². The fraction of sp³-hybridized carbons (Fsp3) is 0.846. The first kappa shape index (κ1) is 14.0. The molecule has 3 amide bonds. The highest BCUT2D eigenvalue weighted by Crippen LogP contribution is 2.23. The maximum atomic E-state index is 11.9. The number of carbonyl (C=O) groups excluding carboxylic acids is 2. The molecular weight excluding hydrogens is 246 g/mol. The van der Waals surface area contributed by atoms with Gasteiger partial charge in [0.2, 0.25) is 0 Å². The van der Waals surface area contributed by atoms with Crippen molar-refractivity contribution < 1.29 is 14.3 Å². The van der Waals surface area contributed by atoms with Crippen LogP contribution in [0, 0.1) is 5.92 Å². The van der Waals surface area contributed by atoms with Crippen LogP contribution in [0.1, 0.15) is 33.6 Å². The highest BCUT2D eigenvalue weighted by molar-refractivity contribution is 5.76. The van der Waals surface area contributed by atoms with E-state index in [-0.39, 0.29) is 18.2 Å². The van der Waals surface area contributed by atoms with E-state index in [0.29, 0.717) is 25.6 Å². The highest BCUT2D eigenvalue weighted by atomic mass is 16.6. The maximum Gasteiger partial charge on any atom is 0.410 e. The zero-order chi connectivity index (χ0) is 14.0. The van der Waals surface area contributed by atoms with Crippen LogP contribution in [0.5, 0.6) is 0 Å². The molecule has 1 unspecified atom stereocenters. The zero-order valence-electron chi connectivity index (χ0n) is 11.9. The molecule has 2 N–H and O–H groups in total. The Labute approximate surface area is 113 Å². The average Bonchev–Trinajstić information content (AvgIpc) is 2.74. The number of carbonyl (C=O) groups is 2. The molecule has 0 aromatic heterocycles. The Morgan fingerprint density at radius 2 is 1.95 bits per heavy atom. The first-order chi connectivity index (χ1) is 8.85. The Bertz CT molecular complexity index is 357. The van der Waals surface area contributed by atoms with E-state index in [1.807, 2.05) is 20.8 Å². The summed E-state index contributed by atoms with van der Waals surface area (Å²) in [7, 11) is 0. The van der Waals surface area contributed by atoms with Gasteiger partial charge in [-0.15, -0.1) is 0 Å². The van der Waals surface area contributed by atoms with Gasteiger partial charge in [-0.05, 0) is 39.5 Å². The molecule has 2 heterocycles. The van der Waals surface area contributed by atoms with E-state index in [2.05, 4.69) is 10.6 Å². The molecule has 0 aromatic carbocycles. The summed E-state index contributed by atoms with van der Waals surface area (Å²) in [5, 5.41) is 5.70. The van der Waals surface area contributed by atoms with Gasteiger partial charge in [-0.25, -0.2) is 9.59 Å². The van der Waals surface area contributed by atoms with Crippen LogP contribution in [0.2, 0.25) is 0 Å². The van der Waals surface area contributed by atoms with Gasteiger partial charge in [0.25, 0.3) is 0 Å². The molecule has 1 atom stereocenters. The largest absolute Gasteiger partial charge is 0.444 e. The molecule has 0 saturated carbocycles. The number of amides is 3. The number of nitrogens with zero attached hydrogens (tertiary/aromatic N) is 1. The number of urea groups is 1. The van der Waals surface area contributed by atoms with E-state index < -0.39 is 5.60 Å². The summed E-state index contributed by atoms with van der Waals surface area (Å²) in [4.78, 5) is 24.8. The topological polar surface area (TPSA) is 70.7 Å². The summed E-state index contributed by atoms with van der Waals surface area (Å²) >= 11 is 0. The van der Waals surface area contributed by atoms with Crippen LogP contribution in [0.25, 0.3) is 0 Å². The second-order valence-electron chi connectivity index (χ2n) is 6.27. The standard InChI is InChI=1S/C13H23N3O3/c1-13(2,3)19-12(18)16-6-4-9(5-7-16)10-8-14-11(17)15-10/h9-10H,4-8H2,1-3H3,(H2,14,15,17). The Kier molecular flexibility index (Phi) is 3.87. The van der Waals surface area contributed by atoms with Crippen LogP contribution in [0.3, 0.4) is 0 Å². The van der Waals surface area contributed by atoms with Crippen LogP contribution in [0.4, 0.5) is 9.59 Å². The minimum Gasteiger partial charge on any atom is -0.444 e. The number of likely N-dealkylation sites (tertiary alicyclic amines) is 1. The lowest BCUT2D eigenvalue weighted by molar-refractivity contribution is 0.0173. The van der Waals surface area contributed by atoms with Gasteiger partial charge in [-0.2, -0.15) is 0 Å². The molecule has 2 fully saturated rings. The van der Waals surface area contributed by atoms with Gasteiger partial charge in [0.05, 0.1) is 6.04 Å². The molecule has 2 aliphatic rings. The van der Waals surface area contributed by atoms with Crippen LogP contribution >= 0.6 is 0 Å². The Morgan fingerprint density at radius 1 is 1.32 bits per heavy atom. The fourth-order valence-corrected chi connectivity index (χ4v) is 2.57. The number of piperidine rings is 1. The summed E-state index contributed by atoms with van der Waals surface area (Å²) < 4.78 is 5.36. The summed E-state index contributed by atoms with van der Waals surface area (Å²) in [6.45, 7) is 7.71. The third kappa shape index (κ3) is 3.75. The van der Waals surface area contributed by atoms with E-state index in [1.165, 1.54) is 0 Å². The highest BCUT2D eigenvalue weighted by Gasteiger charge is 2.33. The molecule has 0 aromatic rings. The quantitative estimate of drug-likeness (QED) is 0.754. The second-order valence-corrected chi connectivity index (χ2v) is 6.27. The molecular formula is C13H23N3O3. The lowest BCUT2D eigenvalue weighted by Crippen LogP contribution is -2.46. The molecule has 0 bridgehead atoms. The van der Waals surface area contributed by atoms with E-state index in [1.54, 1.807) is 4.90 Å². The Morgan fingerprint density at radius 3 is 2.42 bits per heavy atom. The minimum absolute atomic E-state index is 0.0837. The molecule has 0 aliphatic carbocycles. The van der Waals surface area contributed by atoms with Crippen molar-refractivity contribution in [3.8, 4) is 0 Å². The van der Waals surface area contributed by atoms with Crippen molar-refractivity contribution in [2.24, 2.45) is 5.92 Å². The maximum absolute atomic E-state index is 11.9. The molecule has 6 heteroatoms. The SMILES string of the molecule is CC(C)(C)OC(=O)N1CCC(C2CNC(=O)N2)CC1. The molecule has 19 heavy (non-hydrogen) atoms. The monoisotopic (exact) mass is 269 g/mol. The smallest absolute Gasteiger partial charge is 0.410 e. The van der Waals surface area contributed by atoms with Gasteiger partial charge in [0, 0.05) is 19.6 Å². The van der Waals surface area contributed by atoms with Crippen LogP contribution < -0.4 is 10.6 Å². The number of hydrogen-bond donors (Lipinski definition) is 2. The summed E-state index contributed by atoms with van der Waals surface area (Å²) in [5.41, 5.74) is -0.447. The Balaban J connectivity index is 1.79. The molecule has 2 rings (SSSR count). The predicted molar refractivity (Wildman–Crippen MR) is 70.9 cm³/mol. The molecule has 2 aliphatic heterocycles. The summed E-state index contributed by atoms with van der Waals surface area (Å²) in [6.07, 6.45) is 1.58. The van der Waals surface area contributed by atoms with Crippen LogP contribution in [-0.4, -0.2) is 48.3 Å². The second kappa shape index (κ2) is 5.27. The van der Waals surface area contributed by atoms with E-state index >= 15 is 0 Å². The summed E-state index contributed by atoms with van der Waals surface area (Å²) in [5.74, 6) is 0.442. The van der Waals surface area contributed by atoms with Crippen molar-refractivity contribution in [2.75, 3.05) is 19.6 Å². The van der Waals surface area contributed by atoms with Crippen LogP contribution in [-0.2, 0) is 4.74 Å². The fourth-order valence-electron chi connectivity index (χ4n) is 2.57. The minimum atomic E-state index is -0.447. The van der Waals surface area contributed by atoms with E-state index in [4.69, 9.17) is 4.74 Å². The van der Waals surface area contributed by atoms with Crippen molar-refractivity contribution >= 4 is 12.1 Å². The van der Waals surface area contributed by atoms with E-state index in [0.717, 1.165) is 12.8 Å². The summed E-state index contributed by atoms with van der Waals surface area (Å²) in [6, 6.07) is 0.118. The van der Waals surface area contributed by atoms with Crippen LogP contribution in [0.15, 0.2) is 0 Å². The molecule has 2 saturated heterocycles. The van der Waals surface area contributed by atoms with Gasteiger partial charge in [-0.1, -0.05) is 0 Å². The van der Waals surface area contributed by atoms with Gasteiger partial charge in [-0.3, -0.25) is 0 Å². The van der Waals surface area contributed by atoms with Gasteiger partial charge >= 0.3 is 12.1 Å². The first-order valence-electron chi connectivity index (χ1n) is 6.87. The van der Waals surface area contributed by atoms with Gasteiger partial charge < -0.3 is 20.3 Å². The zero-order valence-corrected chi connectivity index (χ0v) is 11.9. The lowest BCUT2D eigenvalue weighted by Gasteiger charge is -2.35. The van der Waals surface area contributed by atoms with Crippen molar-refractivity contribution in [3.05, 3.63) is 0 Å². The molecule has 108 valence electrons. The number of ether oxygens (including phenoxy) is 1.